The van der Waals surface area contributed by atoms with Gasteiger partial charge in [0.1, 0.15) is 5.82 Å². The minimum atomic E-state index is 0.946. The van der Waals surface area contributed by atoms with E-state index in [4.69, 9.17) is 4.98 Å². The van der Waals surface area contributed by atoms with Crippen molar-refractivity contribution in [1.82, 2.24) is 19.9 Å². The SMILES string of the molecule is CCCc1ncc2c(n1)CCN(Cc1c[nH]c3ccccc13)C2. The van der Waals surface area contributed by atoms with E-state index in [-0.39, 0.29) is 0 Å². The van der Waals surface area contributed by atoms with Crippen LogP contribution in [0.3, 0.4) is 0 Å². The summed E-state index contributed by atoms with van der Waals surface area (Å²) in [5, 5.41) is 1.33. The second-order valence-electron chi connectivity index (χ2n) is 6.33. The standard InChI is InChI=1S/C19H22N4/c1-2-5-19-21-11-15-13-23(9-8-17(15)22-19)12-14-10-20-18-7-4-3-6-16(14)18/h3-4,6-7,10-11,20H,2,5,8-9,12-13H2,1H3. The van der Waals surface area contributed by atoms with Crippen molar-refractivity contribution >= 4 is 10.9 Å². The monoisotopic (exact) mass is 306 g/mol. The highest BCUT2D eigenvalue weighted by atomic mass is 15.1. The van der Waals surface area contributed by atoms with Crippen molar-refractivity contribution in [2.75, 3.05) is 6.54 Å². The molecule has 118 valence electrons. The zero-order chi connectivity index (χ0) is 15.6. The highest BCUT2D eigenvalue weighted by molar-refractivity contribution is 5.82. The maximum atomic E-state index is 4.74. The van der Waals surface area contributed by atoms with Crippen molar-refractivity contribution in [2.45, 2.75) is 39.3 Å². The Bertz CT molecular complexity index is 821. The Balaban J connectivity index is 1.52. The molecule has 0 unspecified atom stereocenters. The van der Waals surface area contributed by atoms with Crippen molar-refractivity contribution in [3.63, 3.8) is 0 Å². The summed E-state index contributed by atoms with van der Waals surface area (Å²) in [6.07, 6.45) is 7.28. The zero-order valence-corrected chi connectivity index (χ0v) is 13.5. The van der Waals surface area contributed by atoms with Gasteiger partial charge in [-0.05, 0) is 18.1 Å². The number of nitrogens with one attached hydrogen (secondary N) is 1. The van der Waals surface area contributed by atoms with E-state index in [1.54, 1.807) is 0 Å². The fourth-order valence-corrected chi connectivity index (χ4v) is 3.40. The van der Waals surface area contributed by atoms with Crippen LogP contribution < -0.4 is 0 Å². The summed E-state index contributed by atoms with van der Waals surface area (Å²) >= 11 is 0. The molecule has 0 atom stereocenters. The predicted molar refractivity (Wildman–Crippen MR) is 92.1 cm³/mol. The molecular formula is C19H22N4. The first-order valence-electron chi connectivity index (χ1n) is 8.44. The van der Waals surface area contributed by atoms with Crippen LogP contribution in [0.25, 0.3) is 10.9 Å². The van der Waals surface area contributed by atoms with Crippen molar-refractivity contribution in [3.05, 3.63) is 59.3 Å². The first-order valence-corrected chi connectivity index (χ1v) is 8.44. The molecule has 0 aliphatic carbocycles. The Morgan fingerprint density at radius 3 is 3.09 bits per heavy atom. The molecule has 0 saturated carbocycles. The molecule has 0 spiro atoms. The summed E-state index contributed by atoms with van der Waals surface area (Å²) in [4.78, 5) is 15.1. The van der Waals surface area contributed by atoms with E-state index in [0.717, 1.165) is 44.7 Å². The van der Waals surface area contributed by atoms with Gasteiger partial charge in [0.25, 0.3) is 0 Å². The molecule has 4 nitrogen and oxygen atoms in total. The second kappa shape index (κ2) is 6.13. The highest BCUT2D eigenvalue weighted by Crippen LogP contribution is 2.23. The largest absolute Gasteiger partial charge is 0.361 e. The molecular weight excluding hydrogens is 284 g/mol. The van der Waals surface area contributed by atoms with Crippen LogP contribution in [0.1, 0.15) is 36.0 Å². The summed E-state index contributed by atoms with van der Waals surface area (Å²) in [5.41, 5.74) is 5.12. The van der Waals surface area contributed by atoms with Gasteiger partial charge in [-0.1, -0.05) is 25.1 Å². The van der Waals surface area contributed by atoms with E-state index in [1.165, 1.54) is 27.7 Å². The second-order valence-corrected chi connectivity index (χ2v) is 6.33. The quantitative estimate of drug-likeness (QED) is 0.803. The molecule has 0 amide bonds. The molecule has 23 heavy (non-hydrogen) atoms. The number of benzene rings is 1. The number of para-hydroxylation sites is 1. The van der Waals surface area contributed by atoms with Gasteiger partial charge in [-0.15, -0.1) is 0 Å². The Morgan fingerprint density at radius 2 is 2.17 bits per heavy atom. The van der Waals surface area contributed by atoms with Crippen LogP contribution >= 0.6 is 0 Å². The lowest BCUT2D eigenvalue weighted by molar-refractivity contribution is 0.243. The van der Waals surface area contributed by atoms with Gasteiger partial charge in [0.15, 0.2) is 0 Å². The van der Waals surface area contributed by atoms with E-state index in [1.807, 2.05) is 6.20 Å². The molecule has 1 aliphatic rings. The molecule has 0 fully saturated rings. The van der Waals surface area contributed by atoms with Gasteiger partial charge < -0.3 is 4.98 Å². The number of aromatic nitrogens is 3. The number of H-pyrrole nitrogens is 1. The minimum absolute atomic E-state index is 0.946. The number of hydrogen-bond donors (Lipinski definition) is 1. The summed E-state index contributed by atoms with van der Waals surface area (Å²) < 4.78 is 0. The van der Waals surface area contributed by atoms with E-state index in [9.17, 15) is 0 Å². The maximum absolute atomic E-state index is 4.74. The van der Waals surface area contributed by atoms with Gasteiger partial charge in [0.2, 0.25) is 0 Å². The molecule has 1 N–H and O–H groups in total. The number of rotatable bonds is 4. The first-order chi connectivity index (χ1) is 11.3. The molecule has 4 rings (SSSR count). The normalized spacial score (nSPS) is 15.0. The summed E-state index contributed by atoms with van der Waals surface area (Å²) in [5.74, 6) is 0.997. The van der Waals surface area contributed by atoms with E-state index in [0.29, 0.717) is 0 Å². The highest BCUT2D eigenvalue weighted by Gasteiger charge is 2.19. The zero-order valence-electron chi connectivity index (χ0n) is 13.5. The lowest BCUT2D eigenvalue weighted by atomic mass is 10.1. The van der Waals surface area contributed by atoms with Gasteiger partial charge >= 0.3 is 0 Å². The van der Waals surface area contributed by atoms with E-state index >= 15 is 0 Å². The van der Waals surface area contributed by atoms with Gasteiger partial charge in [0, 0.05) is 67.0 Å². The van der Waals surface area contributed by atoms with Crippen LogP contribution in [0.4, 0.5) is 0 Å². The molecule has 0 bridgehead atoms. The number of hydrogen-bond acceptors (Lipinski definition) is 3. The first kappa shape index (κ1) is 14.4. The lowest BCUT2D eigenvalue weighted by Gasteiger charge is -2.27. The molecule has 0 saturated heterocycles. The molecule has 0 radical (unpaired) electrons. The number of aromatic amines is 1. The third-order valence-corrected chi connectivity index (χ3v) is 4.61. The van der Waals surface area contributed by atoms with Gasteiger partial charge in [-0.2, -0.15) is 0 Å². The van der Waals surface area contributed by atoms with Crippen LogP contribution in [-0.2, 0) is 25.9 Å². The van der Waals surface area contributed by atoms with Gasteiger partial charge in [-0.3, -0.25) is 4.90 Å². The Hall–Kier alpha value is -2.20. The number of aryl methyl sites for hydroxylation is 1. The number of nitrogens with zero attached hydrogens (tertiary/aromatic N) is 3. The van der Waals surface area contributed by atoms with Crippen molar-refractivity contribution in [2.24, 2.45) is 0 Å². The maximum Gasteiger partial charge on any atom is 0.128 e. The van der Waals surface area contributed by atoms with Crippen molar-refractivity contribution in [1.29, 1.82) is 0 Å². The average molecular weight is 306 g/mol. The fraction of sp³-hybridized carbons (Fsp3) is 0.368. The topological polar surface area (TPSA) is 44.8 Å². The molecule has 4 heteroatoms. The van der Waals surface area contributed by atoms with Gasteiger partial charge in [0.05, 0.1) is 0 Å². The Labute approximate surface area is 136 Å². The Kier molecular flexibility index (Phi) is 3.83. The minimum Gasteiger partial charge on any atom is -0.361 e. The van der Waals surface area contributed by atoms with Crippen molar-refractivity contribution in [3.8, 4) is 0 Å². The predicted octanol–water partition coefficient (Wildman–Crippen LogP) is 3.47. The summed E-state index contributed by atoms with van der Waals surface area (Å²) in [7, 11) is 0. The van der Waals surface area contributed by atoms with Crippen LogP contribution in [0.2, 0.25) is 0 Å². The van der Waals surface area contributed by atoms with Crippen molar-refractivity contribution < 1.29 is 0 Å². The molecule has 3 heterocycles. The third-order valence-electron chi connectivity index (χ3n) is 4.61. The van der Waals surface area contributed by atoms with Gasteiger partial charge in [-0.25, -0.2) is 9.97 Å². The molecule has 2 aromatic heterocycles. The summed E-state index contributed by atoms with van der Waals surface area (Å²) in [6, 6.07) is 8.51. The van der Waals surface area contributed by atoms with E-state index in [2.05, 4.69) is 52.3 Å². The van der Waals surface area contributed by atoms with E-state index < -0.39 is 0 Å². The van der Waals surface area contributed by atoms with Crippen LogP contribution in [0, 0.1) is 0 Å². The third kappa shape index (κ3) is 2.86. The fourth-order valence-electron chi connectivity index (χ4n) is 3.40. The average Bonchev–Trinajstić information content (AvgIpc) is 2.98. The smallest absolute Gasteiger partial charge is 0.128 e. The van der Waals surface area contributed by atoms with Crippen LogP contribution in [-0.4, -0.2) is 26.4 Å². The molecule has 1 aromatic carbocycles. The van der Waals surface area contributed by atoms with Crippen LogP contribution in [0.5, 0.6) is 0 Å². The summed E-state index contributed by atoms with van der Waals surface area (Å²) in [6.45, 7) is 5.15. The molecule has 1 aliphatic heterocycles. The molecule has 3 aromatic rings. The Morgan fingerprint density at radius 1 is 1.26 bits per heavy atom. The number of fused-ring (bicyclic) bond motifs is 2. The van der Waals surface area contributed by atoms with Crippen LogP contribution in [0.15, 0.2) is 36.7 Å². The lowest BCUT2D eigenvalue weighted by Crippen LogP contribution is -2.31.